The monoisotopic (exact) mass is 246 g/mol. The number of hydrogen-bond acceptors (Lipinski definition) is 1. The summed E-state index contributed by atoms with van der Waals surface area (Å²) in [5, 5.41) is 9.99. The minimum absolute atomic E-state index is 0.0160. The first-order chi connectivity index (χ1) is 8.47. The summed E-state index contributed by atoms with van der Waals surface area (Å²) in [5.41, 5.74) is 3.21. The smallest absolute Gasteiger partial charge is 0.0528 e. The molecule has 0 bridgehead atoms. The lowest BCUT2D eigenvalue weighted by molar-refractivity contribution is 0.149. The quantitative estimate of drug-likeness (QED) is 0.852. The third-order valence-electron chi connectivity index (χ3n) is 4.35. The van der Waals surface area contributed by atoms with E-state index in [1.54, 1.807) is 0 Å². The molecule has 100 valence electrons. The average molecular weight is 246 g/mol. The normalized spacial score (nSPS) is 23.8. The highest BCUT2D eigenvalue weighted by molar-refractivity contribution is 5.37. The zero-order valence-electron chi connectivity index (χ0n) is 12.0. The van der Waals surface area contributed by atoms with Crippen molar-refractivity contribution in [2.45, 2.75) is 58.3 Å². The van der Waals surface area contributed by atoms with E-state index in [0.29, 0.717) is 12.0 Å². The van der Waals surface area contributed by atoms with Crippen molar-refractivity contribution in [2.24, 2.45) is 5.41 Å². The molecular formula is C17H26O. The lowest BCUT2D eigenvalue weighted by atomic mass is 9.66. The number of aryl methyl sites for hydroxylation is 1. The molecule has 2 rings (SSSR count). The van der Waals surface area contributed by atoms with Crippen LogP contribution in [0.3, 0.4) is 0 Å². The molecule has 0 heterocycles. The summed E-state index contributed by atoms with van der Waals surface area (Å²) in [6, 6.07) is 8.70. The molecule has 0 radical (unpaired) electrons. The Labute approximate surface area is 111 Å². The lowest BCUT2D eigenvalue weighted by Crippen LogP contribution is -2.35. The van der Waals surface area contributed by atoms with E-state index in [-0.39, 0.29) is 5.41 Å². The van der Waals surface area contributed by atoms with Crippen molar-refractivity contribution in [3.63, 3.8) is 0 Å². The maximum atomic E-state index is 9.99. The summed E-state index contributed by atoms with van der Waals surface area (Å²) >= 11 is 0. The summed E-state index contributed by atoms with van der Waals surface area (Å²) in [4.78, 5) is 0. The zero-order valence-corrected chi connectivity index (χ0v) is 12.0. The van der Waals surface area contributed by atoms with E-state index in [1.165, 1.54) is 30.4 Å². The average Bonchev–Trinajstić information content (AvgIpc) is 2.35. The Morgan fingerprint density at radius 3 is 2.61 bits per heavy atom. The highest BCUT2D eigenvalue weighted by Crippen LogP contribution is 2.42. The van der Waals surface area contributed by atoms with Crippen molar-refractivity contribution in [2.75, 3.05) is 6.61 Å². The number of hydrogen-bond donors (Lipinski definition) is 1. The first-order valence-corrected chi connectivity index (χ1v) is 7.16. The second-order valence-electron chi connectivity index (χ2n) is 7.01. The Morgan fingerprint density at radius 1 is 1.22 bits per heavy atom. The van der Waals surface area contributed by atoms with Gasteiger partial charge in [0.15, 0.2) is 0 Å². The van der Waals surface area contributed by atoms with Gasteiger partial charge in [0, 0.05) is 5.41 Å². The van der Waals surface area contributed by atoms with E-state index in [2.05, 4.69) is 45.0 Å². The largest absolute Gasteiger partial charge is 0.395 e. The molecule has 0 saturated heterocycles. The van der Waals surface area contributed by atoms with Crippen molar-refractivity contribution in [3.8, 4) is 0 Å². The van der Waals surface area contributed by atoms with E-state index in [0.717, 1.165) is 12.8 Å². The number of aliphatic hydroxyl groups excluding tert-OH is 1. The van der Waals surface area contributed by atoms with Crippen LogP contribution in [0.5, 0.6) is 0 Å². The molecule has 0 saturated carbocycles. The van der Waals surface area contributed by atoms with Gasteiger partial charge in [0.25, 0.3) is 0 Å². The molecule has 1 heteroatoms. The number of rotatable bonds is 3. The summed E-state index contributed by atoms with van der Waals surface area (Å²) in [6.45, 7) is 7.15. The topological polar surface area (TPSA) is 20.2 Å². The summed E-state index contributed by atoms with van der Waals surface area (Å²) < 4.78 is 0. The van der Waals surface area contributed by atoms with Gasteiger partial charge < -0.3 is 5.11 Å². The lowest BCUT2D eigenvalue weighted by Gasteiger charge is -2.39. The molecule has 0 aliphatic heterocycles. The Hall–Kier alpha value is -0.820. The molecular weight excluding hydrogens is 220 g/mol. The molecule has 1 aliphatic carbocycles. The van der Waals surface area contributed by atoms with Gasteiger partial charge in [-0.2, -0.15) is 0 Å². The van der Waals surface area contributed by atoms with E-state index in [4.69, 9.17) is 0 Å². The van der Waals surface area contributed by atoms with Gasteiger partial charge in [0.2, 0.25) is 0 Å². The zero-order chi connectivity index (χ0) is 13.2. The molecule has 1 aromatic rings. The fourth-order valence-electron chi connectivity index (χ4n) is 3.12. The molecule has 1 N–H and O–H groups in total. The summed E-state index contributed by atoms with van der Waals surface area (Å²) in [5.74, 6) is 0. The van der Waals surface area contributed by atoms with E-state index in [1.807, 2.05) is 0 Å². The van der Waals surface area contributed by atoms with Gasteiger partial charge >= 0.3 is 0 Å². The molecule has 0 fully saturated rings. The van der Waals surface area contributed by atoms with Gasteiger partial charge in [-0.05, 0) is 48.6 Å². The standard InChI is InChI=1S/C17H26O/c1-16(2,3)11-12-17(13-18)10-6-8-14-7-4-5-9-15(14)17/h4-5,7,9,18H,6,8,10-13H2,1-3H3. The van der Waals surface area contributed by atoms with Crippen LogP contribution in [0, 0.1) is 5.41 Å². The molecule has 1 nitrogen and oxygen atoms in total. The van der Waals surface area contributed by atoms with Crippen LogP contribution in [-0.2, 0) is 11.8 Å². The molecule has 0 spiro atoms. The Bertz CT molecular complexity index is 402. The predicted molar refractivity (Wildman–Crippen MR) is 76.8 cm³/mol. The van der Waals surface area contributed by atoms with E-state index >= 15 is 0 Å². The molecule has 1 unspecified atom stereocenters. The van der Waals surface area contributed by atoms with Gasteiger partial charge in [-0.15, -0.1) is 0 Å². The molecule has 18 heavy (non-hydrogen) atoms. The number of benzene rings is 1. The Kier molecular flexibility index (Phi) is 3.82. The predicted octanol–water partition coefficient (Wildman–Crippen LogP) is 4.08. The number of fused-ring (bicyclic) bond motifs is 1. The van der Waals surface area contributed by atoms with E-state index in [9.17, 15) is 5.11 Å². The minimum Gasteiger partial charge on any atom is -0.395 e. The first-order valence-electron chi connectivity index (χ1n) is 7.16. The Morgan fingerprint density at radius 2 is 1.94 bits per heavy atom. The van der Waals surface area contributed by atoms with Crippen molar-refractivity contribution in [1.82, 2.24) is 0 Å². The van der Waals surface area contributed by atoms with Crippen LogP contribution in [0.2, 0.25) is 0 Å². The van der Waals surface area contributed by atoms with Crippen molar-refractivity contribution in [3.05, 3.63) is 35.4 Å². The van der Waals surface area contributed by atoms with Crippen LogP contribution in [-0.4, -0.2) is 11.7 Å². The van der Waals surface area contributed by atoms with Crippen LogP contribution >= 0.6 is 0 Å². The van der Waals surface area contributed by atoms with Gasteiger partial charge in [0.05, 0.1) is 6.61 Å². The SMILES string of the molecule is CC(C)(C)CCC1(CO)CCCc2ccccc21. The van der Waals surface area contributed by atoms with Crippen molar-refractivity contribution < 1.29 is 5.11 Å². The number of aliphatic hydroxyl groups is 1. The van der Waals surface area contributed by atoms with Crippen LogP contribution in [0.4, 0.5) is 0 Å². The van der Waals surface area contributed by atoms with Gasteiger partial charge in [-0.25, -0.2) is 0 Å². The molecule has 1 atom stereocenters. The molecule has 0 aromatic heterocycles. The molecule has 0 amide bonds. The minimum atomic E-state index is 0.0160. The third kappa shape index (κ3) is 2.77. The molecule has 1 aliphatic rings. The first kappa shape index (κ1) is 13.6. The van der Waals surface area contributed by atoms with Crippen LogP contribution in [0.1, 0.15) is 57.6 Å². The van der Waals surface area contributed by atoms with Crippen LogP contribution in [0.25, 0.3) is 0 Å². The highest BCUT2D eigenvalue weighted by Gasteiger charge is 2.36. The van der Waals surface area contributed by atoms with Crippen LogP contribution < -0.4 is 0 Å². The molecule has 1 aromatic carbocycles. The maximum Gasteiger partial charge on any atom is 0.0528 e. The fraction of sp³-hybridized carbons (Fsp3) is 0.647. The maximum absolute atomic E-state index is 9.99. The van der Waals surface area contributed by atoms with Gasteiger partial charge in [-0.3, -0.25) is 0 Å². The summed E-state index contributed by atoms with van der Waals surface area (Å²) in [7, 11) is 0. The van der Waals surface area contributed by atoms with Crippen LogP contribution in [0.15, 0.2) is 24.3 Å². The van der Waals surface area contributed by atoms with Crippen molar-refractivity contribution in [1.29, 1.82) is 0 Å². The van der Waals surface area contributed by atoms with Gasteiger partial charge in [0.1, 0.15) is 0 Å². The Balaban J connectivity index is 2.28. The third-order valence-corrected chi connectivity index (χ3v) is 4.35. The van der Waals surface area contributed by atoms with E-state index < -0.39 is 0 Å². The second-order valence-corrected chi connectivity index (χ2v) is 7.01. The van der Waals surface area contributed by atoms with Gasteiger partial charge in [-0.1, -0.05) is 45.0 Å². The summed E-state index contributed by atoms with van der Waals surface area (Å²) in [6.07, 6.45) is 5.79. The van der Waals surface area contributed by atoms with Crippen molar-refractivity contribution >= 4 is 0 Å². The highest BCUT2D eigenvalue weighted by atomic mass is 16.3. The second kappa shape index (κ2) is 5.05. The fourth-order valence-corrected chi connectivity index (χ4v) is 3.12.